The van der Waals surface area contributed by atoms with Crippen molar-refractivity contribution in [2.45, 2.75) is 59.0 Å². The fourth-order valence-electron chi connectivity index (χ4n) is 2.17. The van der Waals surface area contributed by atoms with Gasteiger partial charge in [-0.15, -0.1) is 0 Å². The summed E-state index contributed by atoms with van der Waals surface area (Å²) in [6.07, 6.45) is 2.27. The van der Waals surface area contributed by atoms with E-state index in [1.807, 2.05) is 26.8 Å². The van der Waals surface area contributed by atoms with Crippen molar-refractivity contribution in [3.63, 3.8) is 0 Å². The van der Waals surface area contributed by atoms with Crippen LogP contribution in [0.2, 0.25) is 0 Å². The smallest absolute Gasteiger partial charge is 0.222 e. The van der Waals surface area contributed by atoms with Gasteiger partial charge in [0.1, 0.15) is 11.5 Å². The van der Waals surface area contributed by atoms with Crippen molar-refractivity contribution >= 4 is 5.91 Å². The molecule has 0 aliphatic heterocycles. The molecule has 1 amide bonds. The number of carbonyl (C=O) groups is 1. The van der Waals surface area contributed by atoms with Crippen molar-refractivity contribution in [2.24, 2.45) is 5.73 Å². The van der Waals surface area contributed by atoms with Crippen LogP contribution in [0.4, 0.5) is 0 Å². The Morgan fingerprint density at radius 2 is 2.17 bits per heavy atom. The SMILES string of the molecule is CCCC(N)CC(=O)NC(C)c1cc(C)oc1C. The molecule has 4 heteroatoms. The monoisotopic (exact) mass is 252 g/mol. The molecule has 0 spiro atoms. The van der Waals surface area contributed by atoms with Crippen LogP contribution >= 0.6 is 0 Å². The number of aryl methyl sites for hydroxylation is 2. The summed E-state index contributed by atoms with van der Waals surface area (Å²) in [5.74, 6) is 1.73. The van der Waals surface area contributed by atoms with Gasteiger partial charge < -0.3 is 15.5 Å². The summed E-state index contributed by atoms with van der Waals surface area (Å²) in [6, 6.07) is 1.88. The zero-order chi connectivity index (χ0) is 13.7. The molecular weight excluding hydrogens is 228 g/mol. The van der Waals surface area contributed by atoms with Gasteiger partial charge in [0.05, 0.1) is 6.04 Å². The molecule has 0 aliphatic carbocycles. The van der Waals surface area contributed by atoms with E-state index < -0.39 is 0 Å². The first-order valence-corrected chi connectivity index (χ1v) is 6.55. The summed E-state index contributed by atoms with van der Waals surface area (Å²) < 4.78 is 5.46. The van der Waals surface area contributed by atoms with Gasteiger partial charge in [-0.2, -0.15) is 0 Å². The topological polar surface area (TPSA) is 68.3 Å². The Hall–Kier alpha value is -1.29. The van der Waals surface area contributed by atoms with Gasteiger partial charge in [-0.3, -0.25) is 4.79 Å². The van der Waals surface area contributed by atoms with E-state index in [4.69, 9.17) is 10.2 Å². The van der Waals surface area contributed by atoms with Crippen molar-refractivity contribution in [2.75, 3.05) is 0 Å². The highest BCUT2D eigenvalue weighted by atomic mass is 16.3. The quantitative estimate of drug-likeness (QED) is 0.817. The minimum atomic E-state index is -0.0469. The average molecular weight is 252 g/mol. The second kappa shape index (κ2) is 6.59. The largest absolute Gasteiger partial charge is 0.466 e. The molecule has 2 atom stereocenters. The van der Waals surface area contributed by atoms with Crippen LogP contribution in [-0.2, 0) is 4.79 Å². The zero-order valence-corrected chi connectivity index (χ0v) is 11.7. The molecule has 1 heterocycles. The van der Waals surface area contributed by atoms with Crippen LogP contribution in [0.5, 0.6) is 0 Å². The first kappa shape index (κ1) is 14.8. The highest BCUT2D eigenvalue weighted by Gasteiger charge is 2.16. The number of hydrogen-bond acceptors (Lipinski definition) is 3. The molecule has 102 valence electrons. The number of nitrogens with one attached hydrogen (secondary N) is 1. The summed E-state index contributed by atoms with van der Waals surface area (Å²) in [7, 11) is 0. The Balaban J connectivity index is 2.52. The van der Waals surface area contributed by atoms with Gasteiger partial charge in [0.15, 0.2) is 0 Å². The first-order chi connectivity index (χ1) is 8.43. The molecule has 0 aromatic carbocycles. The summed E-state index contributed by atoms with van der Waals surface area (Å²) in [5, 5.41) is 2.96. The summed E-state index contributed by atoms with van der Waals surface area (Å²) >= 11 is 0. The number of furan rings is 1. The van der Waals surface area contributed by atoms with Crippen LogP contribution in [-0.4, -0.2) is 11.9 Å². The maximum absolute atomic E-state index is 11.8. The Morgan fingerprint density at radius 1 is 1.50 bits per heavy atom. The predicted octanol–water partition coefficient (Wildman–Crippen LogP) is 2.59. The highest BCUT2D eigenvalue weighted by molar-refractivity contribution is 5.77. The van der Waals surface area contributed by atoms with E-state index in [0.717, 1.165) is 29.9 Å². The molecule has 1 aromatic heterocycles. The Morgan fingerprint density at radius 3 is 2.67 bits per heavy atom. The number of rotatable bonds is 6. The molecule has 18 heavy (non-hydrogen) atoms. The Labute approximate surface area is 109 Å². The lowest BCUT2D eigenvalue weighted by atomic mass is 10.1. The molecule has 0 aliphatic rings. The Kier molecular flexibility index (Phi) is 5.41. The predicted molar refractivity (Wildman–Crippen MR) is 72.2 cm³/mol. The maximum atomic E-state index is 11.8. The minimum absolute atomic E-state index is 0.00158. The van der Waals surface area contributed by atoms with Crippen molar-refractivity contribution in [3.8, 4) is 0 Å². The van der Waals surface area contributed by atoms with E-state index >= 15 is 0 Å². The first-order valence-electron chi connectivity index (χ1n) is 6.55. The number of nitrogens with two attached hydrogens (primary N) is 1. The molecule has 2 unspecified atom stereocenters. The van der Waals surface area contributed by atoms with Gasteiger partial charge in [-0.25, -0.2) is 0 Å². The van der Waals surface area contributed by atoms with E-state index in [-0.39, 0.29) is 18.0 Å². The lowest BCUT2D eigenvalue weighted by molar-refractivity contribution is -0.122. The van der Waals surface area contributed by atoms with Crippen LogP contribution in [0, 0.1) is 13.8 Å². The summed E-state index contributed by atoms with van der Waals surface area (Å²) in [4.78, 5) is 11.8. The third kappa shape index (κ3) is 4.18. The van der Waals surface area contributed by atoms with Gasteiger partial charge >= 0.3 is 0 Å². The molecule has 0 radical (unpaired) electrons. The lowest BCUT2D eigenvalue weighted by Crippen LogP contribution is -2.33. The lowest BCUT2D eigenvalue weighted by Gasteiger charge is -2.15. The second-order valence-corrected chi connectivity index (χ2v) is 4.91. The van der Waals surface area contributed by atoms with Gasteiger partial charge in [0.25, 0.3) is 0 Å². The standard InChI is InChI=1S/C14H24N2O2/c1-5-6-12(15)8-14(17)16-10(3)13-7-9(2)18-11(13)4/h7,10,12H,5-6,8,15H2,1-4H3,(H,16,17). The van der Waals surface area contributed by atoms with E-state index in [2.05, 4.69) is 12.2 Å². The molecule has 1 rings (SSSR count). The van der Waals surface area contributed by atoms with E-state index in [0.29, 0.717) is 6.42 Å². The van der Waals surface area contributed by atoms with E-state index in [1.165, 1.54) is 0 Å². The molecule has 0 fully saturated rings. The summed E-state index contributed by atoms with van der Waals surface area (Å²) in [5.41, 5.74) is 6.89. The van der Waals surface area contributed by atoms with Crippen molar-refractivity contribution < 1.29 is 9.21 Å². The van der Waals surface area contributed by atoms with Crippen LogP contribution in [0.15, 0.2) is 10.5 Å². The normalized spacial score (nSPS) is 14.3. The third-order valence-corrected chi connectivity index (χ3v) is 3.03. The number of hydrogen-bond donors (Lipinski definition) is 2. The van der Waals surface area contributed by atoms with Crippen molar-refractivity contribution in [1.82, 2.24) is 5.32 Å². The fourth-order valence-corrected chi connectivity index (χ4v) is 2.17. The van der Waals surface area contributed by atoms with Crippen LogP contribution in [0.25, 0.3) is 0 Å². The van der Waals surface area contributed by atoms with Gasteiger partial charge in [-0.05, 0) is 33.3 Å². The van der Waals surface area contributed by atoms with Crippen LogP contribution in [0.3, 0.4) is 0 Å². The van der Waals surface area contributed by atoms with Gasteiger partial charge in [-0.1, -0.05) is 13.3 Å². The van der Waals surface area contributed by atoms with Crippen molar-refractivity contribution in [1.29, 1.82) is 0 Å². The minimum Gasteiger partial charge on any atom is -0.466 e. The highest BCUT2D eigenvalue weighted by Crippen LogP contribution is 2.21. The van der Waals surface area contributed by atoms with Crippen LogP contribution < -0.4 is 11.1 Å². The number of amides is 1. The van der Waals surface area contributed by atoms with Crippen LogP contribution in [0.1, 0.15) is 56.2 Å². The van der Waals surface area contributed by atoms with E-state index in [9.17, 15) is 4.79 Å². The molecule has 0 saturated heterocycles. The fraction of sp³-hybridized carbons (Fsp3) is 0.643. The third-order valence-electron chi connectivity index (χ3n) is 3.03. The van der Waals surface area contributed by atoms with Gasteiger partial charge in [0, 0.05) is 18.0 Å². The molecule has 4 nitrogen and oxygen atoms in total. The maximum Gasteiger partial charge on any atom is 0.222 e. The number of carbonyl (C=O) groups excluding carboxylic acids is 1. The average Bonchev–Trinajstić information content (AvgIpc) is 2.57. The second-order valence-electron chi connectivity index (χ2n) is 4.91. The Bertz CT molecular complexity index is 398. The molecule has 1 aromatic rings. The van der Waals surface area contributed by atoms with Crippen molar-refractivity contribution in [3.05, 3.63) is 23.2 Å². The molecule has 0 saturated carbocycles. The summed E-state index contributed by atoms with van der Waals surface area (Å²) in [6.45, 7) is 7.84. The molecule has 0 bridgehead atoms. The van der Waals surface area contributed by atoms with Gasteiger partial charge in [0.2, 0.25) is 5.91 Å². The molecule has 3 N–H and O–H groups in total. The zero-order valence-electron chi connectivity index (χ0n) is 11.7. The van der Waals surface area contributed by atoms with E-state index in [1.54, 1.807) is 0 Å². The molecular formula is C14H24N2O2.